The van der Waals surface area contributed by atoms with Crippen molar-refractivity contribution in [3.05, 3.63) is 40.2 Å². The van der Waals surface area contributed by atoms with E-state index in [9.17, 15) is 34.8 Å². The van der Waals surface area contributed by atoms with Crippen LogP contribution in [0, 0.1) is 11.8 Å². The van der Waals surface area contributed by atoms with Gasteiger partial charge < -0.3 is 42.0 Å². The average molecular weight is 530 g/mol. The number of carbonyl (C=O) groups is 3. The van der Waals surface area contributed by atoms with Gasteiger partial charge >= 0.3 is 0 Å². The van der Waals surface area contributed by atoms with E-state index in [1.54, 1.807) is 20.2 Å². The molecule has 1 amide bonds. The van der Waals surface area contributed by atoms with Gasteiger partial charge in [0.1, 0.15) is 22.8 Å². The van der Waals surface area contributed by atoms with Crippen LogP contribution < -0.4 is 10.6 Å². The van der Waals surface area contributed by atoms with E-state index in [4.69, 9.17) is 5.73 Å². The maximum absolute atomic E-state index is 13.7. The zero-order valence-electron chi connectivity index (χ0n) is 20.2. The number of hydrogen-bond acceptors (Lipinski definition) is 9. The molecule has 10 N–H and O–H groups in total. The number of aliphatic hydroxyl groups excluding tert-OH is 2. The third-order valence-electron chi connectivity index (χ3n) is 7.06. The summed E-state index contributed by atoms with van der Waals surface area (Å²) in [5, 5.41) is 43.9. The van der Waals surface area contributed by atoms with E-state index in [0.717, 1.165) is 5.69 Å². The summed E-state index contributed by atoms with van der Waals surface area (Å²) in [6.45, 7) is 0. The average Bonchev–Trinajstić information content (AvgIpc) is 2.70. The van der Waals surface area contributed by atoms with Crippen LogP contribution in [-0.2, 0) is 20.8 Å². The number of likely N-dealkylation sites (N-methyl/N-ethyl adjacent to an activating group) is 1. The van der Waals surface area contributed by atoms with Crippen LogP contribution in [0.5, 0.6) is 5.75 Å². The molecule has 3 aliphatic rings. The molecule has 0 bridgehead atoms. The molecular formula is C23H32ClN3O9. The van der Waals surface area contributed by atoms with E-state index in [0.29, 0.717) is 5.56 Å². The quantitative estimate of drug-likeness (QED) is 0.296. The second-order valence-corrected chi connectivity index (χ2v) is 9.31. The number of phenolic OH excluding ortho intramolecular Hbond substituents is 1. The summed E-state index contributed by atoms with van der Waals surface area (Å²) >= 11 is 0. The number of nitrogens with two attached hydrogens (primary N) is 1. The van der Waals surface area contributed by atoms with Gasteiger partial charge in [0.25, 0.3) is 5.91 Å². The monoisotopic (exact) mass is 529 g/mol. The number of carbonyl (C=O) groups excluding carboxylic acids is 3. The Morgan fingerprint density at radius 1 is 1.08 bits per heavy atom. The summed E-state index contributed by atoms with van der Waals surface area (Å²) in [7, 11) is 6.75. The van der Waals surface area contributed by atoms with Gasteiger partial charge in [-0.1, -0.05) is 0 Å². The topological polar surface area (TPSA) is 228 Å². The first kappa shape index (κ1) is 30.9. The number of amides is 1. The molecule has 3 unspecified atom stereocenters. The van der Waals surface area contributed by atoms with E-state index in [1.165, 1.54) is 11.0 Å². The Bertz CT molecular complexity index is 1180. The van der Waals surface area contributed by atoms with Gasteiger partial charge in [-0.15, -0.1) is 12.4 Å². The molecule has 36 heavy (non-hydrogen) atoms. The molecule has 0 spiro atoms. The van der Waals surface area contributed by atoms with Gasteiger partial charge in [0.05, 0.1) is 11.6 Å². The van der Waals surface area contributed by atoms with Gasteiger partial charge in [0, 0.05) is 31.3 Å². The van der Waals surface area contributed by atoms with E-state index in [1.807, 2.05) is 19.0 Å². The van der Waals surface area contributed by atoms with Crippen molar-refractivity contribution in [1.82, 2.24) is 4.90 Å². The summed E-state index contributed by atoms with van der Waals surface area (Å²) in [6.07, 6.45) is 0.324. The minimum atomic E-state index is -2.63. The van der Waals surface area contributed by atoms with Crippen molar-refractivity contribution in [2.24, 2.45) is 17.6 Å². The predicted molar refractivity (Wildman–Crippen MR) is 133 cm³/mol. The Hall–Kier alpha value is -3.16. The zero-order valence-corrected chi connectivity index (χ0v) is 21.0. The lowest BCUT2D eigenvalue weighted by Gasteiger charge is -2.50. The molecule has 0 saturated heterocycles. The predicted octanol–water partition coefficient (Wildman–Crippen LogP) is -1.20. The largest absolute Gasteiger partial charge is 0.508 e. The summed E-state index contributed by atoms with van der Waals surface area (Å²) in [5.41, 5.74) is 3.15. The van der Waals surface area contributed by atoms with E-state index >= 15 is 0 Å². The molecule has 200 valence electrons. The standard InChI is InChI=1S/C23H27N3O7.ClH.2H2O/c1-25(2)12-5-6-13(27)15-10(12)7-9-8-11-17(26(3)4)19(29)16(22(24)32)21(31)23(11,33)20(30)14(9)18(15)28;;;/h5-6,9,11,17,27-28,31,33H,7-8H2,1-4H3,(H2,24,32);1H;2*1H2/t9?,11?,17?,23-;;;/m0.../s1. The highest BCUT2D eigenvalue weighted by Gasteiger charge is 2.64. The lowest BCUT2D eigenvalue weighted by Crippen LogP contribution is -2.65. The molecule has 4 atom stereocenters. The van der Waals surface area contributed by atoms with Crippen molar-refractivity contribution >= 4 is 41.3 Å². The van der Waals surface area contributed by atoms with Crippen LogP contribution in [0.15, 0.2) is 29.0 Å². The van der Waals surface area contributed by atoms with Crippen LogP contribution in [0.4, 0.5) is 5.69 Å². The lowest BCUT2D eigenvalue weighted by molar-refractivity contribution is -0.153. The smallest absolute Gasteiger partial charge is 0.255 e. The Morgan fingerprint density at radius 3 is 2.17 bits per heavy atom. The maximum atomic E-state index is 13.7. The summed E-state index contributed by atoms with van der Waals surface area (Å²) in [5.74, 6) is -6.54. The highest BCUT2D eigenvalue weighted by molar-refractivity contribution is 6.24. The fraction of sp³-hybridized carbons (Fsp3) is 0.435. The molecular weight excluding hydrogens is 498 g/mol. The molecule has 1 fully saturated rings. The van der Waals surface area contributed by atoms with Gasteiger partial charge in [0.15, 0.2) is 11.4 Å². The molecule has 1 aromatic rings. The highest BCUT2D eigenvalue weighted by Crippen LogP contribution is 2.53. The zero-order chi connectivity index (χ0) is 24.6. The first-order valence-electron chi connectivity index (χ1n) is 10.5. The number of phenols is 1. The Morgan fingerprint density at radius 2 is 1.67 bits per heavy atom. The molecule has 0 radical (unpaired) electrons. The molecule has 1 aromatic carbocycles. The molecule has 12 nitrogen and oxygen atoms in total. The number of ketones is 2. The van der Waals surface area contributed by atoms with E-state index < -0.39 is 58.0 Å². The minimum Gasteiger partial charge on any atom is -0.508 e. The number of aromatic hydroxyl groups is 1. The van der Waals surface area contributed by atoms with Gasteiger partial charge in [-0.25, -0.2) is 0 Å². The maximum Gasteiger partial charge on any atom is 0.255 e. The van der Waals surface area contributed by atoms with Crippen molar-refractivity contribution in [1.29, 1.82) is 0 Å². The van der Waals surface area contributed by atoms with E-state index in [2.05, 4.69) is 0 Å². The third-order valence-corrected chi connectivity index (χ3v) is 7.06. The van der Waals surface area contributed by atoms with Crippen molar-refractivity contribution in [3.63, 3.8) is 0 Å². The van der Waals surface area contributed by atoms with Gasteiger partial charge in [-0.2, -0.15) is 0 Å². The van der Waals surface area contributed by atoms with Crippen molar-refractivity contribution < 1.29 is 45.8 Å². The normalized spacial score (nSPS) is 26.7. The van der Waals surface area contributed by atoms with Crippen LogP contribution in [0.25, 0.3) is 5.76 Å². The molecule has 0 aromatic heterocycles. The van der Waals surface area contributed by atoms with Crippen LogP contribution in [-0.4, -0.2) is 93.6 Å². The number of halogens is 1. The number of fused-ring (bicyclic) bond motifs is 3. The highest BCUT2D eigenvalue weighted by atomic mass is 35.5. The minimum absolute atomic E-state index is 0. The van der Waals surface area contributed by atoms with Crippen molar-refractivity contribution in [2.75, 3.05) is 33.1 Å². The van der Waals surface area contributed by atoms with Gasteiger partial charge in [0.2, 0.25) is 5.78 Å². The SMILES string of the molecule is CN(C)c1ccc(O)c2c1CC1CC3C(N(C)C)C(=O)C(C(N)=O)=C(O)[C@@]3(O)C(=O)C1=C2O.Cl.O.O. The second kappa shape index (κ2) is 10.1. The Kier molecular flexibility index (Phi) is 8.63. The first-order chi connectivity index (χ1) is 15.3. The molecule has 4 rings (SSSR count). The number of Topliss-reactive ketones (excluding diaryl/α,β-unsaturated/α-hetero) is 2. The number of rotatable bonds is 3. The van der Waals surface area contributed by atoms with Crippen molar-refractivity contribution in [2.45, 2.75) is 24.5 Å². The summed E-state index contributed by atoms with van der Waals surface area (Å²) in [6, 6.07) is 2.01. The molecule has 0 heterocycles. The van der Waals surface area contributed by atoms with E-state index in [-0.39, 0.29) is 53.1 Å². The number of primary amides is 1. The molecule has 1 saturated carbocycles. The number of hydrogen-bond donors (Lipinski definition) is 5. The number of benzene rings is 1. The second-order valence-electron chi connectivity index (χ2n) is 9.31. The van der Waals surface area contributed by atoms with Crippen LogP contribution in [0.3, 0.4) is 0 Å². The molecule has 3 aliphatic carbocycles. The fourth-order valence-corrected chi connectivity index (χ4v) is 5.65. The lowest BCUT2D eigenvalue weighted by atomic mass is 9.57. The van der Waals surface area contributed by atoms with Crippen molar-refractivity contribution in [3.8, 4) is 5.75 Å². The Balaban J connectivity index is 0.00000216. The first-order valence-corrected chi connectivity index (χ1v) is 10.5. The molecule has 13 heteroatoms. The number of nitrogens with zero attached hydrogens (tertiary/aromatic N) is 2. The summed E-state index contributed by atoms with van der Waals surface area (Å²) in [4.78, 5) is 42.0. The van der Waals surface area contributed by atoms with Crippen LogP contribution >= 0.6 is 12.4 Å². The van der Waals surface area contributed by atoms with Crippen LogP contribution in [0.2, 0.25) is 0 Å². The molecule has 0 aliphatic heterocycles. The number of aliphatic hydroxyl groups is 3. The Labute approximate surface area is 213 Å². The van der Waals surface area contributed by atoms with Gasteiger partial charge in [-0.05, 0) is 50.6 Å². The summed E-state index contributed by atoms with van der Waals surface area (Å²) < 4.78 is 0. The van der Waals surface area contributed by atoms with Gasteiger partial charge in [-0.3, -0.25) is 19.3 Å². The van der Waals surface area contributed by atoms with Crippen LogP contribution in [0.1, 0.15) is 17.5 Å². The number of anilines is 1. The third kappa shape index (κ3) is 3.91. The fourth-order valence-electron chi connectivity index (χ4n) is 5.65.